The molecule has 0 aliphatic rings. The average molecular weight is 264 g/mol. The van der Waals surface area contributed by atoms with Crippen LogP contribution in [0.15, 0.2) is 24.3 Å². The van der Waals surface area contributed by atoms with E-state index in [1.165, 1.54) is 18.4 Å². The van der Waals surface area contributed by atoms with Crippen molar-refractivity contribution in [1.82, 2.24) is 5.43 Å². The molecule has 0 bridgehead atoms. The lowest BCUT2D eigenvalue weighted by Gasteiger charge is -2.20. The number of benzene rings is 1. The zero-order valence-electron chi connectivity index (χ0n) is 12.2. The summed E-state index contributed by atoms with van der Waals surface area (Å²) in [4.78, 5) is 11.5. The molecule has 0 radical (unpaired) electrons. The molecule has 0 unspecified atom stereocenters. The fourth-order valence-corrected chi connectivity index (χ4v) is 1.61. The monoisotopic (exact) mass is 264 g/mol. The van der Waals surface area contributed by atoms with Crippen LogP contribution in [0, 0.1) is 0 Å². The van der Waals surface area contributed by atoms with Crippen LogP contribution in [0.25, 0.3) is 0 Å². The van der Waals surface area contributed by atoms with Crippen molar-refractivity contribution < 1.29 is 9.53 Å². The van der Waals surface area contributed by atoms with Crippen molar-refractivity contribution in [3.8, 4) is 0 Å². The Bertz CT molecular complexity index is 411. The largest absolute Gasteiger partial charge is 0.443 e. The van der Waals surface area contributed by atoms with E-state index in [1.54, 1.807) is 0 Å². The maximum atomic E-state index is 11.5. The second-order valence-electron chi connectivity index (χ2n) is 5.56. The molecular weight excluding hydrogens is 240 g/mol. The van der Waals surface area contributed by atoms with Crippen molar-refractivity contribution in [3.63, 3.8) is 0 Å². The molecule has 1 amide bonds. The van der Waals surface area contributed by atoms with Crippen LogP contribution in [0.4, 0.5) is 10.5 Å². The molecular formula is C15H24N2O2. The Morgan fingerprint density at radius 2 is 2.05 bits per heavy atom. The Hall–Kier alpha value is -1.71. The number of hydrogen-bond acceptors (Lipinski definition) is 3. The highest BCUT2D eigenvalue weighted by molar-refractivity contribution is 5.69. The number of nitrogens with one attached hydrogen (secondary N) is 2. The summed E-state index contributed by atoms with van der Waals surface area (Å²) in [6.45, 7) is 7.67. The molecule has 0 saturated heterocycles. The van der Waals surface area contributed by atoms with Crippen LogP contribution >= 0.6 is 0 Å². The van der Waals surface area contributed by atoms with Crippen LogP contribution in [0.3, 0.4) is 0 Å². The molecule has 0 spiro atoms. The molecule has 1 rings (SSSR count). The van der Waals surface area contributed by atoms with Gasteiger partial charge in [-0.05, 0) is 51.3 Å². The summed E-state index contributed by atoms with van der Waals surface area (Å²) < 4.78 is 5.14. The third-order valence-corrected chi connectivity index (χ3v) is 2.45. The lowest BCUT2D eigenvalue weighted by Crippen LogP contribution is -2.35. The van der Waals surface area contributed by atoms with E-state index in [0.717, 1.165) is 12.1 Å². The SMILES string of the molecule is CCCCc1cccc(NNC(=O)OC(C)(C)C)c1. The summed E-state index contributed by atoms with van der Waals surface area (Å²) in [6, 6.07) is 8.01. The van der Waals surface area contributed by atoms with Gasteiger partial charge in [0.05, 0.1) is 5.69 Å². The average Bonchev–Trinajstić information content (AvgIpc) is 2.32. The molecule has 0 aliphatic carbocycles. The molecule has 106 valence electrons. The summed E-state index contributed by atoms with van der Waals surface area (Å²) in [5.41, 5.74) is 7.02. The van der Waals surface area contributed by atoms with Gasteiger partial charge in [-0.3, -0.25) is 5.43 Å². The molecule has 0 heterocycles. The van der Waals surface area contributed by atoms with Crippen molar-refractivity contribution in [2.75, 3.05) is 5.43 Å². The number of ether oxygens (including phenoxy) is 1. The van der Waals surface area contributed by atoms with Gasteiger partial charge in [0.2, 0.25) is 0 Å². The first-order valence-corrected chi connectivity index (χ1v) is 6.74. The Balaban J connectivity index is 2.46. The highest BCUT2D eigenvalue weighted by Gasteiger charge is 2.15. The fraction of sp³-hybridized carbons (Fsp3) is 0.533. The molecule has 1 aromatic carbocycles. The summed E-state index contributed by atoms with van der Waals surface area (Å²) in [5, 5.41) is 0. The van der Waals surface area contributed by atoms with E-state index in [0.29, 0.717) is 0 Å². The maximum absolute atomic E-state index is 11.5. The lowest BCUT2D eigenvalue weighted by molar-refractivity contribution is 0.0541. The highest BCUT2D eigenvalue weighted by atomic mass is 16.6. The topological polar surface area (TPSA) is 50.4 Å². The van der Waals surface area contributed by atoms with E-state index in [4.69, 9.17) is 4.74 Å². The van der Waals surface area contributed by atoms with Gasteiger partial charge >= 0.3 is 6.09 Å². The van der Waals surface area contributed by atoms with Crippen molar-refractivity contribution in [2.24, 2.45) is 0 Å². The first-order valence-electron chi connectivity index (χ1n) is 6.74. The van der Waals surface area contributed by atoms with Gasteiger partial charge in [-0.25, -0.2) is 10.2 Å². The third-order valence-electron chi connectivity index (χ3n) is 2.45. The number of hydrazine groups is 1. The van der Waals surface area contributed by atoms with Crippen molar-refractivity contribution in [3.05, 3.63) is 29.8 Å². The molecule has 0 aromatic heterocycles. The van der Waals surface area contributed by atoms with E-state index >= 15 is 0 Å². The number of hydrogen-bond donors (Lipinski definition) is 2. The van der Waals surface area contributed by atoms with Gasteiger partial charge in [-0.2, -0.15) is 0 Å². The van der Waals surface area contributed by atoms with Gasteiger partial charge in [0.1, 0.15) is 5.60 Å². The van der Waals surface area contributed by atoms with Crippen LogP contribution in [0.2, 0.25) is 0 Å². The number of unbranched alkanes of at least 4 members (excludes halogenated alkanes) is 1. The number of rotatable bonds is 5. The van der Waals surface area contributed by atoms with Crippen molar-refractivity contribution in [1.29, 1.82) is 0 Å². The second kappa shape index (κ2) is 7.02. The minimum Gasteiger partial charge on any atom is -0.443 e. The van der Waals surface area contributed by atoms with Gasteiger partial charge in [-0.1, -0.05) is 25.5 Å². The number of carbonyl (C=O) groups is 1. The maximum Gasteiger partial charge on any atom is 0.426 e. The van der Waals surface area contributed by atoms with Gasteiger partial charge < -0.3 is 4.74 Å². The predicted molar refractivity (Wildman–Crippen MR) is 78.0 cm³/mol. The van der Waals surface area contributed by atoms with Gasteiger partial charge in [0.25, 0.3) is 0 Å². The molecule has 0 atom stereocenters. The first-order chi connectivity index (χ1) is 8.90. The fourth-order valence-electron chi connectivity index (χ4n) is 1.61. The highest BCUT2D eigenvalue weighted by Crippen LogP contribution is 2.12. The van der Waals surface area contributed by atoms with Crippen LogP contribution in [-0.4, -0.2) is 11.7 Å². The Kier molecular flexibility index (Phi) is 5.67. The van der Waals surface area contributed by atoms with Gasteiger partial charge in [-0.15, -0.1) is 0 Å². The zero-order valence-corrected chi connectivity index (χ0v) is 12.2. The minimum atomic E-state index is -0.491. The second-order valence-corrected chi connectivity index (χ2v) is 5.56. The van der Waals surface area contributed by atoms with Crippen LogP contribution < -0.4 is 10.9 Å². The molecule has 4 nitrogen and oxygen atoms in total. The van der Waals surface area contributed by atoms with E-state index in [-0.39, 0.29) is 0 Å². The number of amides is 1. The zero-order chi connectivity index (χ0) is 14.3. The standard InChI is InChI=1S/C15H24N2O2/c1-5-6-8-12-9-7-10-13(11-12)16-17-14(18)19-15(2,3)4/h7,9-11,16H,5-6,8H2,1-4H3,(H,17,18). The lowest BCUT2D eigenvalue weighted by atomic mass is 10.1. The summed E-state index contributed by atoms with van der Waals surface area (Å²) in [6.07, 6.45) is 2.92. The Morgan fingerprint density at radius 3 is 2.68 bits per heavy atom. The summed E-state index contributed by atoms with van der Waals surface area (Å²) in [7, 11) is 0. The van der Waals surface area contributed by atoms with Crippen molar-refractivity contribution in [2.45, 2.75) is 52.6 Å². The third kappa shape index (κ3) is 6.70. The van der Waals surface area contributed by atoms with Crippen LogP contribution in [-0.2, 0) is 11.2 Å². The molecule has 4 heteroatoms. The smallest absolute Gasteiger partial charge is 0.426 e. The molecule has 0 saturated carbocycles. The molecule has 0 aliphatic heterocycles. The Morgan fingerprint density at radius 1 is 1.32 bits per heavy atom. The minimum absolute atomic E-state index is 0.480. The van der Waals surface area contributed by atoms with Crippen LogP contribution in [0.1, 0.15) is 46.1 Å². The van der Waals surface area contributed by atoms with E-state index < -0.39 is 11.7 Å². The Labute approximate surface area is 115 Å². The van der Waals surface area contributed by atoms with E-state index in [2.05, 4.69) is 23.8 Å². The van der Waals surface area contributed by atoms with Gasteiger partial charge in [0.15, 0.2) is 0 Å². The molecule has 1 aromatic rings. The van der Waals surface area contributed by atoms with Crippen LogP contribution in [0.5, 0.6) is 0 Å². The molecule has 2 N–H and O–H groups in total. The summed E-state index contributed by atoms with van der Waals surface area (Å²) in [5.74, 6) is 0. The van der Waals surface area contributed by atoms with E-state index in [9.17, 15) is 4.79 Å². The summed E-state index contributed by atoms with van der Waals surface area (Å²) >= 11 is 0. The number of anilines is 1. The molecule has 19 heavy (non-hydrogen) atoms. The van der Waals surface area contributed by atoms with E-state index in [1.807, 2.05) is 39.0 Å². The predicted octanol–water partition coefficient (Wildman–Crippen LogP) is 3.88. The number of aryl methyl sites for hydroxylation is 1. The quantitative estimate of drug-likeness (QED) is 0.793. The normalized spacial score (nSPS) is 10.9. The number of carbonyl (C=O) groups excluding carboxylic acids is 1. The molecule has 0 fully saturated rings. The van der Waals surface area contributed by atoms with Crippen molar-refractivity contribution >= 4 is 11.8 Å². The van der Waals surface area contributed by atoms with Gasteiger partial charge in [0, 0.05) is 0 Å². The first kappa shape index (κ1) is 15.3.